The number of rotatable bonds is 3. The van der Waals surface area contributed by atoms with E-state index in [9.17, 15) is 9.59 Å². The zero-order valence-corrected chi connectivity index (χ0v) is 16.9. The van der Waals surface area contributed by atoms with E-state index in [1.807, 2.05) is 64.9 Å². The molecule has 0 aliphatic carbocycles. The van der Waals surface area contributed by atoms with Gasteiger partial charge < -0.3 is 9.47 Å². The minimum absolute atomic E-state index is 0.0289. The van der Waals surface area contributed by atoms with Gasteiger partial charge in [0.25, 0.3) is 5.56 Å². The Morgan fingerprint density at radius 1 is 0.967 bits per heavy atom. The number of fused-ring (bicyclic) bond motifs is 3. The van der Waals surface area contributed by atoms with Gasteiger partial charge in [-0.3, -0.25) is 14.2 Å². The van der Waals surface area contributed by atoms with E-state index in [0.29, 0.717) is 37.0 Å². The van der Waals surface area contributed by atoms with E-state index in [1.165, 1.54) is 0 Å². The second-order valence-electron chi connectivity index (χ2n) is 7.59. The summed E-state index contributed by atoms with van der Waals surface area (Å²) in [6.07, 6.45) is 1.33. The van der Waals surface area contributed by atoms with Gasteiger partial charge in [0.2, 0.25) is 5.91 Å². The van der Waals surface area contributed by atoms with Crippen molar-refractivity contribution in [2.24, 2.45) is 0 Å². The van der Waals surface area contributed by atoms with E-state index in [1.54, 1.807) is 4.57 Å². The topological polar surface area (TPSA) is 73.0 Å². The number of nitrogens with zero attached hydrogens (tertiary/aromatic N) is 5. The van der Waals surface area contributed by atoms with Crippen molar-refractivity contribution in [3.05, 3.63) is 70.5 Å². The zero-order valence-electron chi connectivity index (χ0n) is 16.9. The minimum Gasteiger partial charge on any atom is -0.339 e. The van der Waals surface area contributed by atoms with Crippen molar-refractivity contribution >= 4 is 27.8 Å². The molecule has 0 N–H and O–H groups in total. The van der Waals surface area contributed by atoms with E-state index in [2.05, 4.69) is 9.97 Å². The zero-order chi connectivity index (χ0) is 20.7. The lowest BCUT2D eigenvalue weighted by Crippen LogP contribution is -2.36. The van der Waals surface area contributed by atoms with Crippen LogP contribution in [0.3, 0.4) is 0 Å². The molecule has 0 atom stereocenters. The van der Waals surface area contributed by atoms with Crippen LogP contribution >= 0.6 is 0 Å². The first-order chi connectivity index (χ1) is 14.7. The normalized spacial score (nSPS) is 14.1. The monoisotopic (exact) mass is 401 g/mol. The highest BCUT2D eigenvalue weighted by atomic mass is 16.2. The molecule has 152 valence electrons. The molecule has 0 spiro atoms. The Kier molecular flexibility index (Phi) is 4.58. The minimum atomic E-state index is -0.0289. The van der Waals surface area contributed by atoms with Crippen molar-refractivity contribution in [1.82, 2.24) is 24.0 Å². The van der Waals surface area contributed by atoms with E-state index in [0.717, 1.165) is 29.1 Å². The standard InChI is InChI=1S/C23H23N5O2/c1-2-20-25-18-9-5-6-10-19(18)28(20)15-22(29)26-12-11-21-24-17-8-4-3-7-16(17)23(30)27(21)14-13-26/h3-10H,2,11-15H2,1H3. The van der Waals surface area contributed by atoms with Crippen molar-refractivity contribution < 1.29 is 4.79 Å². The molecule has 7 heteroatoms. The number of hydrogen-bond acceptors (Lipinski definition) is 4. The molecule has 1 amide bonds. The summed E-state index contributed by atoms with van der Waals surface area (Å²) in [6, 6.07) is 15.3. The molecule has 4 aromatic rings. The highest BCUT2D eigenvalue weighted by molar-refractivity contribution is 5.81. The van der Waals surface area contributed by atoms with Crippen LogP contribution in [0.1, 0.15) is 18.6 Å². The first-order valence-corrected chi connectivity index (χ1v) is 10.4. The molecule has 30 heavy (non-hydrogen) atoms. The van der Waals surface area contributed by atoms with E-state index in [-0.39, 0.29) is 18.0 Å². The predicted octanol–water partition coefficient (Wildman–Crippen LogP) is 2.39. The Hall–Kier alpha value is -3.48. The summed E-state index contributed by atoms with van der Waals surface area (Å²) in [7, 11) is 0. The Balaban J connectivity index is 1.41. The third kappa shape index (κ3) is 3.07. The number of carbonyl (C=O) groups excluding carboxylic acids is 1. The molecule has 7 nitrogen and oxygen atoms in total. The lowest BCUT2D eigenvalue weighted by molar-refractivity contribution is -0.131. The highest BCUT2D eigenvalue weighted by Gasteiger charge is 2.22. The summed E-state index contributed by atoms with van der Waals surface area (Å²) in [5.41, 5.74) is 2.57. The van der Waals surface area contributed by atoms with Gasteiger partial charge in [0.1, 0.15) is 18.2 Å². The highest BCUT2D eigenvalue weighted by Crippen LogP contribution is 2.17. The summed E-state index contributed by atoms with van der Waals surface area (Å²) in [5, 5.41) is 0.624. The number of benzene rings is 2. The average molecular weight is 401 g/mol. The summed E-state index contributed by atoms with van der Waals surface area (Å²) < 4.78 is 3.73. The average Bonchev–Trinajstić information content (AvgIpc) is 2.97. The quantitative estimate of drug-likeness (QED) is 0.528. The molecule has 3 heterocycles. The largest absolute Gasteiger partial charge is 0.339 e. The Morgan fingerprint density at radius 2 is 1.73 bits per heavy atom. The molecule has 0 saturated carbocycles. The molecular formula is C23H23N5O2. The Labute approximate surface area is 173 Å². The summed E-state index contributed by atoms with van der Waals surface area (Å²) >= 11 is 0. The smallest absolute Gasteiger partial charge is 0.261 e. The van der Waals surface area contributed by atoms with E-state index in [4.69, 9.17) is 0 Å². The molecule has 1 aliphatic heterocycles. The summed E-state index contributed by atoms with van der Waals surface area (Å²) in [6.45, 7) is 3.82. The van der Waals surface area contributed by atoms with Crippen LogP contribution in [0.15, 0.2) is 53.3 Å². The fraction of sp³-hybridized carbons (Fsp3) is 0.304. The molecule has 0 unspecified atom stereocenters. The van der Waals surface area contributed by atoms with Gasteiger partial charge in [-0.15, -0.1) is 0 Å². The second kappa shape index (κ2) is 7.40. The van der Waals surface area contributed by atoms with Gasteiger partial charge in [0.05, 0.1) is 21.9 Å². The van der Waals surface area contributed by atoms with Crippen LogP contribution in [0.25, 0.3) is 21.9 Å². The summed E-state index contributed by atoms with van der Waals surface area (Å²) in [4.78, 5) is 37.2. The molecule has 0 radical (unpaired) electrons. The molecule has 2 aromatic heterocycles. The van der Waals surface area contributed by atoms with Crippen molar-refractivity contribution in [3.8, 4) is 0 Å². The van der Waals surface area contributed by atoms with Crippen molar-refractivity contribution in [2.45, 2.75) is 32.9 Å². The van der Waals surface area contributed by atoms with Gasteiger partial charge in [-0.05, 0) is 24.3 Å². The van der Waals surface area contributed by atoms with Gasteiger partial charge in [0, 0.05) is 32.5 Å². The SMILES string of the molecule is CCc1nc2ccccc2n1CC(=O)N1CCc2nc3ccccc3c(=O)n2CC1. The molecule has 0 fully saturated rings. The van der Waals surface area contributed by atoms with Crippen LogP contribution in [0, 0.1) is 0 Å². The maximum Gasteiger partial charge on any atom is 0.261 e. The number of carbonyl (C=O) groups is 1. The van der Waals surface area contributed by atoms with Crippen LogP contribution in [-0.2, 0) is 30.7 Å². The first-order valence-electron chi connectivity index (χ1n) is 10.4. The lowest BCUT2D eigenvalue weighted by atomic mass is 10.2. The number of amides is 1. The van der Waals surface area contributed by atoms with Gasteiger partial charge >= 0.3 is 0 Å². The van der Waals surface area contributed by atoms with Crippen molar-refractivity contribution in [3.63, 3.8) is 0 Å². The van der Waals surface area contributed by atoms with Crippen LogP contribution in [0.5, 0.6) is 0 Å². The van der Waals surface area contributed by atoms with Gasteiger partial charge in [-0.2, -0.15) is 0 Å². The Bertz CT molecular complexity index is 1320. The molecule has 0 bridgehead atoms. The van der Waals surface area contributed by atoms with Crippen LogP contribution in [-0.4, -0.2) is 43.0 Å². The molecule has 2 aromatic carbocycles. The molecule has 1 aliphatic rings. The van der Waals surface area contributed by atoms with Crippen LogP contribution in [0.4, 0.5) is 0 Å². The third-order valence-corrected chi connectivity index (χ3v) is 5.84. The van der Waals surface area contributed by atoms with Gasteiger partial charge in [-0.1, -0.05) is 31.2 Å². The second-order valence-corrected chi connectivity index (χ2v) is 7.59. The van der Waals surface area contributed by atoms with Crippen LogP contribution < -0.4 is 5.56 Å². The first kappa shape index (κ1) is 18.5. The maximum absolute atomic E-state index is 13.2. The van der Waals surface area contributed by atoms with Gasteiger partial charge in [-0.25, -0.2) is 9.97 Å². The van der Waals surface area contributed by atoms with E-state index < -0.39 is 0 Å². The number of aromatic nitrogens is 4. The number of hydrogen-bond donors (Lipinski definition) is 0. The number of para-hydroxylation sites is 3. The van der Waals surface area contributed by atoms with Gasteiger partial charge in [0.15, 0.2) is 0 Å². The fourth-order valence-electron chi connectivity index (χ4n) is 4.26. The maximum atomic E-state index is 13.2. The molecular weight excluding hydrogens is 378 g/mol. The van der Waals surface area contributed by atoms with Crippen LogP contribution in [0.2, 0.25) is 0 Å². The number of imidazole rings is 1. The molecule has 0 saturated heterocycles. The van der Waals surface area contributed by atoms with Crippen molar-refractivity contribution in [1.29, 1.82) is 0 Å². The Morgan fingerprint density at radius 3 is 2.57 bits per heavy atom. The lowest BCUT2D eigenvalue weighted by Gasteiger charge is -2.21. The fourth-order valence-corrected chi connectivity index (χ4v) is 4.26. The predicted molar refractivity (Wildman–Crippen MR) is 115 cm³/mol. The third-order valence-electron chi connectivity index (χ3n) is 5.84. The summed E-state index contributed by atoms with van der Waals surface area (Å²) in [5.74, 6) is 1.70. The van der Waals surface area contributed by atoms with Crippen molar-refractivity contribution in [2.75, 3.05) is 13.1 Å². The molecule has 5 rings (SSSR count). The van der Waals surface area contributed by atoms with E-state index >= 15 is 0 Å². The number of aryl methyl sites for hydroxylation is 1.